The first-order valence-electron chi connectivity index (χ1n) is 7.70. The van der Waals surface area contributed by atoms with Gasteiger partial charge in [0, 0.05) is 22.2 Å². The van der Waals surface area contributed by atoms with E-state index >= 15 is 0 Å². The van der Waals surface area contributed by atoms with Crippen LogP contribution in [0.5, 0.6) is 5.75 Å². The van der Waals surface area contributed by atoms with Crippen molar-refractivity contribution in [3.8, 4) is 5.75 Å². The molecule has 1 fully saturated rings. The number of rotatable bonds is 2. The fourth-order valence-corrected chi connectivity index (χ4v) is 3.46. The zero-order valence-corrected chi connectivity index (χ0v) is 12.9. The van der Waals surface area contributed by atoms with Gasteiger partial charge in [0.05, 0.1) is 12.6 Å². The molecule has 22 heavy (non-hydrogen) atoms. The third kappa shape index (κ3) is 2.55. The summed E-state index contributed by atoms with van der Waals surface area (Å²) in [6.45, 7) is 0.775. The molecule has 4 rings (SSSR count). The molecular formula is C18H18ClNO2. The van der Waals surface area contributed by atoms with E-state index in [0.717, 1.165) is 35.9 Å². The first-order valence-corrected chi connectivity index (χ1v) is 8.08. The fraction of sp³-hybridized carbons (Fsp3) is 0.333. The van der Waals surface area contributed by atoms with Gasteiger partial charge in [0.1, 0.15) is 5.75 Å². The van der Waals surface area contributed by atoms with E-state index in [2.05, 4.69) is 17.4 Å². The minimum absolute atomic E-state index is 0.159. The smallest absolute Gasteiger partial charge is 0.204 e. The van der Waals surface area contributed by atoms with Gasteiger partial charge in [-0.2, -0.15) is 0 Å². The highest BCUT2D eigenvalue weighted by molar-refractivity contribution is 6.30. The molecule has 3 nitrogen and oxygen atoms in total. The van der Waals surface area contributed by atoms with Crippen molar-refractivity contribution in [2.45, 2.75) is 25.2 Å². The maximum Gasteiger partial charge on any atom is 0.204 e. The highest BCUT2D eigenvalue weighted by atomic mass is 35.5. The summed E-state index contributed by atoms with van der Waals surface area (Å²) < 4.78 is 11.9. The second kappa shape index (κ2) is 5.82. The number of para-hydroxylation sites is 1. The lowest BCUT2D eigenvalue weighted by molar-refractivity contribution is -0.154. The average molecular weight is 316 g/mol. The van der Waals surface area contributed by atoms with Crippen LogP contribution in [-0.4, -0.2) is 12.9 Å². The number of benzene rings is 2. The molecule has 0 aliphatic carbocycles. The average Bonchev–Trinajstić information content (AvgIpc) is 2.56. The molecule has 4 heteroatoms. The van der Waals surface area contributed by atoms with E-state index in [4.69, 9.17) is 21.1 Å². The van der Waals surface area contributed by atoms with Crippen LogP contribution >= 0.6 is 11.6 Å². The monoisotopic (exact) mass is 315 g/mol. The van der Waals surface area contributed by atoms with E-state index in [1.54, 1.807) is 0 Å². The normalized spacial score (nSPS) is 26.5. The summed E-state index contributed by atoms with van der Waals surface area (Å²) in [5, 5.41) is 4.39. The summed E-state index contributed by atoms with van der Waals surface area (Å²) in [6, 6.07) is 16.2. The van der Waals surface area contributed by atoms with Crippen LogP contribution in [0.15, 0.2) is 48.5 Å². The SMILES string of the molecule is Clc1ccc(N[C@H]2c3ccccc3O[C@@H]3OCCCC32)cc1. The van der Waals surface area contributed by atoms with Crippen LogP contribution in [0.25, 0.3) is 0 Å². The van der Waals surface area contributed by atoms with Crippen molar-refractivity contribution in [3.63, 3.8) is 0 Å². The Kier molecular flexibility index (Phi) is 3.68. The highest BCUT2D eigenvalue weighted by Gasteiger charge is 2.40. The van der Waals surface area contributed by atoms with Crippen molar-refractivity contribution >= 4 is 17.3 Å². The molecule has 2 aromatic rings. The number of hydrogen-bond acceptors (Lipinski definition) is 3. The fourth-order valence-electron chi connectivity index (χ4n) is 3.33. The van der Waals surface area contributed by atoms with E-state index in [-0.39, 0.29) is 12.3 Å². The van der Waals surface area contributed by atoms with Crippen LogP contribution in [0.1, 0.15) is 24.4 Å². The van der Waals surface area contributed by atoms with Crippen LogP contribution < -0.4 is 10.1 Å². The quantitative estimate of drug-likeness (QED) is 0.876. The van der Waals surface area contributed by atoms with Gasteiger partial charge >= 0.3 is 0 Å². The summed E-state index contributed by atoms with van der Waals surface area (Å²) in [6.07, 6.45) is 2.02. The van der Waals surface area contributed by atoms with Crippen molar-refractivity contribution < 1.29 is 9.47 Å². The Labute approximate surface area is 135 Å². The van der Waals surface area contributed by atoms with Gasteiger partial charge in [0.25, 0.3) is 0 Å². The van der Waals surface area contributed by atoms with Crippen molar-refractivity contribution in [1.82, 2.24) is 0 Å². The Balaban J connectivity index is 1.69. The lowest BCUT2D eigenvalue weighted by Gasteiger charge is -2.42. The predicted molar refractivity (Wildman–Crippen MR) is 87.3 cm³/mol. The van der Waals surface area contributed by atoms with Crippen LogP contribution in [0.2, 0.25) is 5.02 Å². The molecule has 2 aliphatic rings. The van der Waals surface area contributed by atoms with E-state index < -0.39 is 0 Å². The van der Waals surface area contributed by atoms with Crippen LogP contribution in [-0.2, 0) is 4.74 Å². The number of ether oxygens (including phenoxy) is 2. The largest absolute Gasteiger partial charge is 0.464 e. The van der Waals surface area contributed by atoms with Crippen LogP contribution in [0.4, 0.5) is 5.69 Å². The number of nitrogens with one attached hydrogen (secondary N) is 1. The second-order valence-electron chi connectivity index (χ2n) is 5.83. The molecule has 1 unspecified atom stereocenters. The van der Waals surface area contributed by atoms with E-state index in [0.29, 0.717) is 5.92 Å². The van der Waals surface area contributed by atoms with Gasteiger partial charge in [-0.25, -0.2) is 0 Å². The van der Waals surface area contributed by atoms with E-state index in [1.165, 1.54) is 5.56 Å². The second-order valence-corrected chi connectivity index (χ2v) is 6.27. The Bertz CT molecular complexity index is 658. The highest BCUT2D eigenvalue weighted by Crippen LogP contribution is 2.44. The van der Waals surface area contributed by atoms with Crippen molar-refractivity contribution in [3.05, 3.63) is 59.1 Å². The Morgan fingerprint density at radius 2 is 1.86 bits per heavy atom. The minimum Gasteiger partial charge on any atom is -0.464 e. The third-order valence-electron chi connectivity index (χ3n) is 4.41. The zero-order chi connectivity index (χ0) is 14.9. The van der Waals surface area contributed by atoms with Crippen molar-refractivity contribution in [1.29, 1.82) is 0 Å². The molecule has 0 saturated carbocycles. The topological polar surface area (TPSA) is 30.5 Å². The number of hydrogen-bond donors (Lipinski definition) is 1. The molecule has 2 aliphatic heterocycles. The van der Waals surface area contributed by atoms with Gasteiger partial charge < -0.3 is 14.8 Å². The molecule has 1 saturated heterocycles. The summed E-state index contributed by atoms with van der Waals surface area (Å²) in [4.78, 5) is 0. The molecular weight excluding hydrogens is 298 g/mol. The Morgan fingerprint density at radius 3 is 2.73 bits per heavy atom. The lowest BCUT2D eigenvalue weighted by Crippen LogP contribution is -2.43. The molecule has 0 amide bonds. The minimum atomic E-state index is -0.159. The van der Waals surface area contributed by atoms with Gasteiger partial charge in [-0.1, -0.05) is 29.8 Å². The maximum atomic E-state index is 6.04. The van der Waals surface area contributed by atoms with Crippen molar-refractivity contribution in [2.24, 2.45) is 5.92 Å². The number of halogens is 1. The Morgan fingerprint density at radius 1 is 1.05 bits per heavy atom. The van der Waals surface area contributed by atoms with Gasteiger partial charge in [-0.15, -0.1) is 0 Å². The summed E-state index contributed by atoms with van der Waals surface area (Å²) in [7, 11) is 0. The molecule has 2 aromatic carbocycles. The molecule has 114 valence electrons. The standard InChI is InChI=1S/C18H18ClNO2/c19-12-7-9-13(10-8-12)20-17-14-4-1-2-6-16(14)22-18-15(17)5-3-11-21-18/h1-2,4,6-10,15,17-18,20H,3,5,11H2/t15?,17-,18-/m0/s1. The van der Waals surface area contributed by atoms with Gasteiger partial charge in [-0.3, -0.25) is 0 Å². The van der Waals surface area contributed by atoms with Crippen LogP contribution in [0.3, 0.4) is 0 Å². The molecule has 0 spiro atoms. The van der Waals surface area contributed by atoms with E-state index in [1.807, 2.05) is 36.4 Å². The molecule has 0 radical (unpaired) electrons. The molecule has 2 heterocycles. The van der Waals surface area contributed by atoms with E-state index in [9.17, 15) is 0 Å². The molecule has 0 aromatic heterocycles. The zero-order valence-electron chi connectivity index (χ0n) is 12.2. The summed E-state index contributed by atoms with van der Waals surface area (Å²) in [5.74, 6) is 1.23. The van der Waals surface area contributed by atoms with Gasteiger partial charge in [-0.05, 0) is 43.2 Å². The maximum absolute atomic E-state index is 6.04. The number of anilines is 1. The van der Waals surface area contributed by atoms with Crippen molar-refractivity contribution in [2.75, 3.05) is 11.9 Å². The summed E-state index contributed by atoms with van der Waals surface area (Å²) in [5.41, 5.74) is 2.26. The first kappa shape index (κ1) is 13.9. The Hall–Kier alpha value is -1.71. The van der Waals surface area contributed by atoms with Crippen LogP contribution in [0, 0.1) is 5.92 Å². The molecule has 0 bridgehead atoms. The predicted octanol–water partition coefficient (Wildman–Crippen LogP) is 4.64. The first-order chi connectivity index (χ1) is 10.8. The summed E-state index contributed by atoms with van der Waals surface area (Å²) >= 11 is 5.98. The number of fused-ring (bicyclic) bond motifs is 2. The molecule has 3 atom stereocenters. The van der Waals surface area contributed by atoms with Gasteiger partial charge in [0.15, 0.2) is 0 Å². The van der Waals surface area contributed by atoms with Gasteiger partial charge in [0.2, 0.25) is 6.29 Å². The third-order valence-corrected chi connectivity index (χ3v) is 4.66. The molecule has 1 N–H and O–H groups in total. The lowest BCUT2D eigenvalue weighted by atomic mass is 9.85.